The molecule has 1 aromatic heterocycles. The van der Waals surface area contributed by atoms with E-state index in [2.05, 4.69) is 4.98 Å². The van der Waals surface area contributed by atoms with Gasteiger partial charge in [-0.05, 0) is 35.4 Å². The van der Waals surface area contributed by atoms with E-state index in [1.54, 1.807) is 49.5 Å². The van der Waals surface area contributed by atoms with E-state index in [0.717, 1.165) is 11.1 Å². The first kappa shape index (κ1) is 18.4. The number of hydrogen-bond acceptors (Lipinski definition) is 4. The van der Waals surface area contributed by atoms with Crippen molar-refractivity contribution in [2.24, 2.45) is 0 Å². The van der Waals surface area contributed by atoms with Gasteiger partial charge in [0.05, 0.1) is 0 Å². The van der Waals surface area contributed by atoms with Gasteiger partial charge in [-0.2, -0.15) is 0 Å². The van der Waals surface area contributed by atoms with Crippen LogP contribution in [0, 0.1) is 0 Å². The van der Waals surface area contributed by atoms with Gasteiger partial charge >= 0.3 is 0 Å². The van der Waals surface area contributed by atoms with Crippen molar-refractivity contribution in [2.45, 2.75) is 19.9 Å². The number of benzene rings is 1. The third kappa shape index (κ3) is 6.22. The van der Waals surface area contributed by atoms with E-state index in [-0.39, 0.29) is 18.3 Å². The van der Waals surface area contributed by atoms with Gasteiger partial charge in [0.2, 0.25) is 5.91 Å². The van der Waals surface area contributed by atoms with Crippen molar-refractivity contribution in [2.75, 3.05) is 13.7 Å². The lowest BCUT2D eigenvalue weighted by Crippen LogP contribution is -2.24. The highest BCUT2D eigenvalue weighted by molar-refractivity contribution is 5.91. The summed E-state index contributed by atoms with van der Waals surface area (Å²) >= 11 is 0. The largest absolute Gasteiger partial charge is 0.486 e. The first-order valence-electron chi connectivity index (χ1n) is 8.15. The first-order chi connectivity index (χ1) is 12.1. The van der Waals surface area contributed by atoms with Gasteiger partial charge in [-0.1, -0.05) is 25.1 Å². The Morgan fingerprint density at radius 2 is 2.08 bits per heavy atom. The SMILES string of the molecule is CCC(=O)COc1cccc(C=CC(=O)N(C)Cc2cccnc2)c1. The fourth-order valence-corrected chi connectivity index (χ4v) is 2.11. The first-order valence-corrected chi connectivity index (χ1v) is 8.15. The summed E-state index contributed by atoms with van der Waals surface area (Å²) in [6.07, 6.45) is 7.15. The minimum Gasteiger partial charge on any atom is -0.486 e. The molecular weight excluding hydrogens is 316 g/mol. The summed E-state index contributed by atoms with van der Waals surface area (Å²) in [5, 5.41) is 0. The molecule has 0 saturated heterocycles. The Morgan fingerprint density at radius 3 is 2.80 bits per heavy atom. The van der Waals surface area contributed by atoms with Crippen LogP contribution in [0.25, 0.3) is 6.08 Å². The summed E-state index contributed by atoms with van der Waals surface area (Å²) in [7, 11) is 1.75. The Labute approximate surface area is 147 Å². The zero-order valence-corrected chi connectivity index (χ0v) is 14.5. The predicted molar refractivity (Wildman–Crippen MR) is 97.0 cm³/mol. The molecule has 0 aliphatic heterocycles. The highest BCUT2D eigenvalue weighted by atomic mass is 16.5. The second-order valence-corrected chi connectivity index (χ2v) is 5.64. The smallest absolute Gasteiger partial charge is 0.246 e. The van der Waals surface area contributed by atoms with Gasteiger partial charge in [0, 0.05) is 38.5 Å². The van der Waals surface area contributed by atoms with Crippen LogP contribution in [-0.4, -0.2) is 35.2 Å². The Kier molecular flexibility index (Phi) is 6.89. The standard InChI is InChI=1S/C20H22N2O3/c1-3-18(23)15-25-19-8-4-6-16(12-19)9-10-20(24)22(2)14-17-7-5-11-21-13-17/h4-13H,3,14-15H2,1-2H3. The highest BCUT2D eigenvalue weighted by Crippen LogP contribution is 2.15. The van der Waals surface area contributed by atoms with E-state index in [4.69, 9.17) is 4.74 Å². The molecule has 5 nitrogen and oxygen atoms in total. The molecule has 0 atom stereocenters. The van der Waals surface area contributed by atoms with Crippen LogP contribution in [0.15, 0.2) is 54.9 Å². The number of amides is 1. The highest BCUT2D eigenvalue weighted by Gasteiger charge is 2.06. The minimum absolute atomic E-state index is 0.0492. The quantitative estimate of drug-likeness (QED) is 0.694. The van der Waals surface area contributed by atoms with Crippen LogP contribution >= 0.6 is 0 Å². The third-order valence-electron chi connectivity index (χ3n) is 3.59. The molecule has 0 spiro atoms. The molecule has 0 aliphatic rings. The second-order valence-electron chi connectivity index (χ2n) is 5.64. The van der Waals surface area contributed by atoms with Crippen LogP contribution in [0.1, 0.15) is 24.5 Å². The van der Waals surface area contributed by atoms with Gasteiger partial charge in [0.1, 0.15) is 12.4 Å². The van der Waals surface area contributed by atoms with E-state index in [1.165, 1.54) is 6.08 Å². The second kappa shape index (κ2) is 9.37. The number of Topliss-reactive ketones (excluding diaryl/α,β-unsaturated/α-hetero) is 1. The Balaban J connectivity index is 1.93. The van der Waals surface area contributed by atoms with Crippen molar-refractivity contribution in [1.29, 1.82) is 0 Å². The molecule has 2 rings (SSSR count). The summed E-state index contributed by atoms with van der Waals surface area (Å²) in [4.78, 5) is 29.2. The number of ether oxygens (including phenoxy) is 1. The van der Waals surface area contributed by atoms with E-state index < -0.39 is 0 Å². The minimum atomic E-state index is -0.101. The molecule has 0 N–H and O–H groups in total. The molecule has 1 heterocycles. The van der Waals surface area contributed by atoms with Crippen molar-refractivity contribution in [3.8, 4) is 5.75 Å². The monoisotopic (exact) mass is 338 g/mol. The Bertz CT molecular complexity index is 742. The van der Waals surface area contributed by atoms with Crippen LogP contribution < -0.4 is 4.74 Å². The van der Waals surface area contributed by atoms with Gasteiger partial charge in [-0.3, -0.25) is 14.6 Å². The maximum absolute atomic E-state index is 12.2. The molecular formula is C20H22N2O3. The third-order valence-corrected chi connectivity index (χ3v) is 3.59. The number of rotatable bonds is 8. The molecule has 0 unspecified atom stereocenters. The number of hydrogen-bond donors (Lipinski definition) is 0. The molecule has 5 heteroatoms. The molecule has 0 radical (unpaired) electrons. The zero-order valence-electron chi connectivity index (χ0n) is 14.5. The molecule has 2 aromatic rings. The van der Waals surface area contributed by atoms with E-state index in [9.17, 15) is 9.59 Å². The number of pyridine rings is 1. The van der Waals surface area contributed by atoms with Crippen LogP contribution in [0.5, 0.6) is 5.75 Å². The Hall–Kier alpha value is -2.95. The molecule has 25 heavy (non-hydrogen) atoms. The fourth-order valence-electron chi connectivity index (χ4n) is 2.11. The molecule has 0 fully saturated rings. The summed E-state index contributed by atoms with van der Waals surface area (Å²) in [5.41, 5.74) is 1.81. The van der Waals surface area contributed by atoms with Gasteiger partial charge in [0.25, 0.3) is 0 Å². The molecule has 0 saturated carbocycles. The summed E-state index contributed by atoms with van der Waals surface area (Å²) in [6.45, 7) is 2.37. The van der Waals surface area contributed by atoms with Crippen molar-refractivity contribution >= 4 is 17.8 Å². The average molecular weight is 338 g/mol. The van der Waals surface area contributed by atoms with Crippen LogP contribution in [-0.2, 0) is 16.1 Å². The van der Waals surface area contributed by atoms with Crippen LogP contribution in [0.4, 0.5) is 0 Å². The van der Waals surface area contributed by atoms with E-state index >= 15 is 0 Å². The lowest BCUT2D eigenvalue weighted by molar-refractivity contribution is -0.125. The van der Waals surface area contributed by atoms with E-state index in [0.29, 0.717) is 18.7 Å². The van der Waals surface area contributed by atoms with E-state index in [1.807, 2.05) is 24.3 Å². The van der Waals surface area contributed by atoms with Crippen LogP contribution in [0.2, 0.25) is 0 Å². The summed E-state index contributed by atoms with van der Waals surface area (Å²) in [5.74, 6) is 0.560. The molecule has 0 bridgehead atoms. The lowest BCUT2D eigenvalue weighted by Gasteiger charge is -2.14. The number of carbonyl (C=O) groups excluding carboxylic acids is 2. The van der Waals surface area contributed by atoms with Gasteiger partial charge < -0.3 is 9.64 Å². The molecule has 0 aliphatic carbocycles. The normalized spacial score (nSPS) is 10.6. The van der Waals surface area contributed by atoms with Crippen molar-refractivity contribution in [3.63, 3.8) is 0 Å². The average Bonchev–Trinajstić information content (AvgIpc) is 2.65. The number of likely N-dealkylation sites (N-methyl/N-ethyl adjacent to an activating group) is 1. The maximum atomic E-state index is 12.2. The van der Waals surface area contributed by atoms with Gasteiger partial charge in [-0.25, -0.2) is 0 Å². The fraction of sp³-hybridized carbons (Fsp3) is 0.250. The van der Waals surface area contributed by atoms with Crippen LogP contribution in [0.3, 0.4) is 0 Å². The van der Waals surface area contributed by atoms with Gasteiger partial charge in [-0.15, -0.1) is 0 Å². The molecule has 1 amide bonds. The van der Waals surface area contributed by atoms with Crippen molar-refractivity contribution < 1.29 is 14.3 Å². The summed E-state index contributed by atoms with van der Waals surface area (Å²) in [6, 6.07) is 11.1. The number of nitrogens with zero attached hydrogens (tertiary/aromatic N) is 2. The number of ketones is 1. The zero-order chi connectivity index (χ0) is 18.1. The number of aromatic nitrogens is 1. The topological polar surface area (TPSA) is 59.5 Å². The Morgan fingerprint density at radius 1 is 1.24 bits per heavy atom. The lowest BCUT2D eigenvalue weighted by atomic mass is 10.2. The molecule has 1 aromatic carbocycles. The number of carbonyl (C=O) groups is 2. The maximum Gasteiger partial charge on any atom is 0.246 e. The van der Waals surface area contributed by atoms with Crippen molar-refractivity contribution in [1.82, 2.24) is 9.88 Å². The predicted octanol–water partition coefficient (Wildman–Crippen LogP) is 3.11. The van der Waals surface area contributed by atoms with Crippen molar-refractivity contribution in [3.05, 3.63) is 66.0 Å². The van der Waals surface area contributed by atoms with Gasteiger partial charge in [0.15, 0.2) is 5.78 Å². The summed E-state index contributed by atoms with van der Waals surface area (Å²) < 4.78 is 5.45. The molecule has 130 valence electrons.